The molecule has 1 aromatic heterocycles. The Labute approximate surface area is 134 Å². The molecular formula is C17H20N2O4. The number of nitrogens with one attached hydrogen (secondary N) is 2. The second-order valence-corrected chi connectivity index (χ2v) is 5.32. The summed E-state index contributed by atoms with van der Waals surface area (Å²) in [7, 11) is 0. The highest BCUT2D eigenvalue weighted by Gasteiger charge is 2.08. The van der Waals surface area contributed by atoms with Crippen molar-refractivity contribution < 1.29 is 18.7 Å². The molecule has 0 aliphatic carbocycles. The first-order valence-electron chi connectivity index (χ1n) is 7.37. The molecule has 0 saturated heterocycles. The molecule has 1 heterocycles. The van der Waals surface area contributed by atoms with Gasteiger partial charge in [-0.25, -0.2) is 0 Å². The number of rotatable bonds is 7. The Morgan fingerprint density at radius 2 is 2.04 bits per heavy atom. The van der Waals surface area contributed by atoms with Gasteiger partial charge in [-0.05, 0) is 24.3 Å². The highest BCUT2D eigenvalue weighted by atomic mass is 16.5. The molecule has 0 atom stereocenters. The van der Waals surface area contributed by atoms with Gasteiger partial charge in [0.15, 0.2) is 6.61 Å². The number of amides is 2. The van der Waals surface area contributed by atoms with Crippen molar-refractivity contribution in [1.82, 2.24) is 5.32 Å². The number of carbonyl (C=O) groups excluding carboxylic acids is 2. The highest BCUT2D eigenvalue weighted by molar-refractivity contribution is 5.92. The first-order chi connectivity index (χ1) is 11.0. The standard InChI is InChI=1S/C17H20N2O4/c1-12(2)17(21)19-13-5-3-6-14(9-13)23-11-16(20)18-10-15-7-4-8-22-15/h3-9,12H,10-11H2,1-2H3,(H,18,20)(H,19,21). The Hall–Kier alpha value is -2.76. The van der Waals surface area contributed by atoms with Crippen molar-refractivity contribution in [1.29, 1.82) is 0 Å². The van der Waals surface area contributed by atoms with Crippen LogP contribution in [0.25, 0.3) is 0 Å². The molecule has 1 aromatic carbocycles. The Kier molecular flexibility index (Phi) is 5.80. The van der Waals surface area contributed by atoms with Crippen LogP contribution in [-0.2, 0) is 16.1 Å². The van der Waals surface area contributed by atoms with Crippen molar-refractivity contribution >= 4 is 17.5 Å². The number of hydrogen-bond donors (Lipinski definition) is 2. The zero-order valence-electron chi connectivity index (χ0n) is 13.2. The molecule has 6 heteroatoms. The van der Waals surface area contributed by atoms with Gasteiger partial charge in [0.1, 0.15) is 11.5 Å². The second-order valence-electron chi connectivity index (χ2n) is 5.32. The summed E-state index contributed by atoms with van der Waals surface area (Å²) in [6.07, 6.45) is 1.55. The Balaban J connectivity index is 1.80. The van der Waals surface area contributed by atoms with E-state index in [1.165, 1.54) is 0 Å². The average molecular weight is 316 g/mol. The van der Waals surface area contributed by atoms with Crippen molar-refractivity contribution in [3.8, 4) is 5.75 Å². The van der Waals surface area contributed by atoms with E-state index < -0.39 is 0 Å². The fourth-order valence-corrected chi connectivity index (χ4v) is 1.75. The van der Waals surface area contributed by atoms with Gasteiger partial charge in [-0.15, -0.1) is 0 Å². The summed E-state index contributed by atoms with van der Waals surface area (Å²) in [6, 6.07) is 10.5. The Morgan fingerprint density at radius 3 is 2.74 bits per heavy atom. The maximum Gasteiger partial charge on any atom is 0.258 e. The summed E-state index contributed by atoms with van der Waals surface area (Å²) in [5.41, 5.74) is 0.636. The fourth-order valence-electron chi connectivity index (χ4n) is 1.75. The zero-order valence-corrected chi connectivity index (χ0v) is 13.2. The van der Waals surface area contributed by atoms with Gasteiger partial charge in [-0.2, -0.15) is 0 Å². The van der Waals surface area contributed by atoms with Crippen molar-refractivity contribution in [2.45, 2.75) is 20.4 Å². The van der Waals surface area contributed by atoms with E-state index in [0.29, 0.717) is 23.7 Å². The zero-order chi connectivity index (χ0) is 16.7. The molecule has 0 bridgehead atoms. The maximum atomic E-state index is 11.7. The summed E-state index contributed by atoms with van der Waals surface area (Å²) < 4.78 is 10.5. The van der Waals surface area contributed by atoms with Gasteiger partial charge < -0.3 is 19.8 Å². The molecule has 2 rings (SSSR count). The van der Waals surface area contributed by atoms with Gasteiger partial charge in [0, 0.05) is 17.7 Å². The summed E-state index contributed by atoms with van der Waals surface area (Å²) in [5, 5.41) is 5.47. The lowest BCUT2D eigenvalue weighted by Crippen LogP contribution is -2.28. The van der Waals surface area contributed by atoms with E-state index in [-0.39, 0.29) is 24.3 Å². The predicted molar refractivity (Wildman–Crippen MR) is 86.0 cm³/mol. The van der Waals surface area contributed by atoms with Gasteiger partial charge in [-0.1, -0.05) is 19.9 Å². The van der Waals surface area contributed by atoms with Gasteiger partial charge in [0.05, 0.1) is 12.8 Å². The number of ether oxygens (including phenoxy) is 1. The minimum atomic E-state index is -0.252. The van der Waals surface area contributed by atoms with Crippen molar-refractivity contribution in [2.75, 3.05) is 11.9 Å². The van der Waals surface area contributed by atoms with Gasteiger partial charge in [0.25, 0.3) is 5.91 Å². The molecule has 2 N–H and O–H groups in total. The van der Waals surface area contributed by atoms with Gasteiger partial charge in [-0.3, -0.25) is 9.59 Å². The van der Waals surface area contributed by atoms with Crippen molar-refractivity contribution in [3.63, 3.8) is 0 Å². The van der Waals surface area contributed by atoms with E-state index in [9.17, 15) is 9.59 Å². The number of benzene rings is 1. The average Bonchev–Trinajstić information content (AvgIpc) is 3.04. The number of furan rings is 1. The largest absolute Gasteiger partial charge is 0.484 e. The molecule has 0 radical (unpaired) electrons. The minimum absolute atomic E-state index is 0.0710. The van der Waals surface area contributed by atoms with Crippen LogP contribution < -0.4 is 15.4 Å². The van der Waals surface area contributed by atoms with Gasteiger partial charge in [0.2, 0.25) is 5.91 Å². The van der Waals surface area contributed by atoms with E-state index in [0.717, 1.165) is 0 Å². The van der Waals surface area contributed by atoms with E-state index in [2.05, 4.69) is 10.6 Å². The monoisotopic (exact) mass is 316 g/mol. The highest BCUT2D eigenvalue weighted by Crippen LogP contribution is 2.18. The fraction of sp³-hybridized carbons (Fsp3) is 0.294. The van der Waals surface area contributed by atoms with Crippen LogP contribution in [-0.4, -0.2) is 18.4 Å². The molecule has 6 nitrogen and oxygen atoms in total. The number of hydrogen-bond acceptors (Lipinski definition) is 4. The van der Waals surface area contributed by atoms with Crippen LogP contribution in [0.5, 0.6) is 5.75 Å². The van der Waals surface area contributed by atoms with Crippen molar-refractivity contribution in [3.05, 3.63) is 48.4 Å². The number of anilines is 1. The van der Waals surface area contributed by atoms with Gasteiger partial charge >= 0.3 is 0 Å². The first kappa shape index (κ1) is 16.6. The summed E-state index contributed by atoms with van der Waals surface area (Å²) >= 11 is 0. The molecule has 0 fully saturated rings. The van der Waals surface area contributed by atoms with Crippen LogP contribution in [0.1, 0.15) is 19.6 Å². The molecule has 2 aromatic rings. The number of carbonyl (C=O) groups is 2. The van der Waals surface area contributed by atoms with Crippen LogP contribution in [0.4, 0.5) is 5.69 Å². The van der Waals surface area contributed by atoms with E-state index in [1.54, 1.807) is 42.7 Å². The molecule has 23 heavy (non-hydrogen) atoms. The molecule has 2 amide bonds. The summed E-state index contributed by atoms with van der Waals surface area (Å²) in [6.45, 7) is 3.85. The molecule has 0 unspecified atom stereocenters. The summed E-state index contributed by atoms with van der Waals surface area (Å²) in [4.78, 5) is 23.4. The van der Waals surface area contributed by atoms with Crippen molar-refractivity contribution in [2.24, 2.45) is 5.92 Å². The normalized spacial score (nSPS) is 10.4. The molecule has 0 spiro atoms. The Morgan fingerprint density at radius 1 is 1.22 bits per heavy atom. The molecule has 0 saturated carbocycles. The lowest BCUT2D eigenvalue weighted by molar-refractivity contribution is -0.123. The SMILES string of the molecule is CC(C)C(=O)Nc1cccc(OCC(=O)NCc2ccco2)c1. The molecular weight excluding hydrogens is 296 g/mol. The quantitative estimate of drug-likeness (QED) is 0.822. The van der Waals surface area contributed by atoms with Crippen LogP contribution in [0.15, 0.2) is 47.1 Å². The lowest BCUT2D eigenvalue weighted by Gasteiger charge is -2.10. The minimum Gasteiger partial charge on any atom is -0.484 e. The third kappa shape index (κ3) is 5.50. The molecule has 122 valence electrons. The maximum absolute atomic E-state index is 11.7. The van der Waals surface area contributed by atoms with Crippen LogP contribution in [0, 0.1) is 5.92 Å². The van der Waals surface area contributed by atoms with Crippen LogP contribution in [0.3, 0.4) is 0 Å². The lowest BCUT2D eigenvalue weighted by atomic mass is 10.2. The van der Waals surface area contributed by atoms with E-state index >= 15 is 0 Å². The smallest absolute Gasteiger partial charge is 0.258 e. The molecule has 0 aliphatic rings. The first-order valence-corrected chi connectivity index (χ1v) is 7.37. The second kappa shape index (κ2) is 8.03. The predicted octanol–water partition coefficient (Wildman–Crippen LogP) is 2.57. The van der Waals surface area contributed by atoms with E-state index in [1.807, 2.05) is 13.8 Å². The third-order valence-corrected chi connectivity index (χ3v) is 3.04. The Bertz CT molecular complexity index is 650. The van der Waals surface area contributed by atoms with Crippen LogP contribution >= 0.6 is 0 Å². The van der Waals surface area contributed by atoms with Crippen LogP contribution in [0.2, 0.25) is 0 Å². The topological polar surface area (TPSA) is 80.6 Å². The molecule has 0 aliphatic heterocycles. The summed E-state index contributed by atoms with van der Waals surface area (Å²) in [5.74, 6) is 0.764. The van der Waals surface area contributed by atoms with E-state index in [4.69, 9.17) is 9.15 Å². The third-order valence-electron chi connectivity index (χ3n) is 3.04.